The smallest absolute Gasteiger partial charge is 0.257 e. The molecule has 1 aromatic carbocycles. The van der Waals surface area contributed by atoms with Gasteiger partial charge in [0.1, 0.15) is 19.0 Å². The average molecular weight is 472 g/mol. The highest BCUT2D eigenvalue weighted by molar-refractivity contribution is 7.92. The van der Waals surface area contributed by atoms with Gasteiger partial charge in [0.2, 0.25) is 15.9 Å². The van der Waals surface area contributed by atoms with Crippen molar-refractivity contribution in [3.05, 3.63) is 23.8 Å². The first kappa shape index (κ1) is 25.9. The second-order valence-corrected chi connectivity index (χ2v) is 9.91. The monoisotopic (exact) mass is 471 g/mol. The Labute approximate surface area is 189 Å². The zero-order valence-electron chi connectivity index (χ0n) is 19.5. The molecular formula is C21H33N3O7S. The SMILES string of the molecule is COCC(=O)N1C[C@@H](C)[C@@H](OC)CN(C)C(=O)c2ccc(NS(C)(=O)=O)cc2OC[C@H]1C. The zero-order chi connectivity index (χ0) is 24.1. The molecule has 0 aliphatic carbocycles. The minimum absolute atomic E-state index is 0.0567. The summed E-state index contributed by atoms with van der Waals surface area (Å²) in [4.78, 5) is 29.0. The number of rotatable bonds is 5. The largest absolute Gasteiger partial charge is 0.491 e. The van der Waals surface area contributed by atoms with Crippen LogP contribution in [0.25, 0.3) is 0 Å². The molecule has 0 aromatic heterocycles. The lowest BCUT2D eigenvalue weighted by Crippen LogP contribution is -2.49. The third-order valence-electron chi connectivity index (χ3n) is 5.34. The molecule has 2 rings (SSSR count). The number of carbonyl (C=O) groups is 2. The van der Waals surface area contributed by atoms with Crippen LogP contribution in [0.5, 0.6) is 5.75 Å². The number of ether oxygens (including phenoxy) is 3. The van der Waals surface area contributed by atoms with Gasteiger partial charge < -0.3 is 24.0 Å². The number of benzene rings is 1. The fourth-order valence-electron chi connectivity index (χ4n) is 3.60. The molecular weight excluding hydrogens is 438 g/mol. The topological polar surface area (TPSA) is 114 Å². The van der Waals surface area contributed by atoms with Crippen LogP contribution in [0.3, 0.4) is 0 Å². The Balaban J connectivity index is 2.47. The van der Waals surface area contributed by atoms with Crippen molar-refractivity contribution in [3.8, 4) is 5.75 Å². The summed E-state index contributed by atoms with van der Waals surface area (Å²) in [5.41, 5.74) is 0.564. The van der Waals surface area contributed by atoms with Crippen molar-refractivity contribution >= 4 is 27.5 Å². The van der Waals surface area contributed by atoms with Crippen LogP contribution in [0.4, 0.5) is 5.69 Å². The summed E-state index contributed by atoms with van der Waals surface area (Å²) in [6.45, 7) is 4.56. The molecule has 0 spiro atoms. The predicted octanol–water partition coefficient (Wildman–Crippen LogP) is 1.04. The number of methoxy groups -OCH3 is 2. The molecule has 0 radical (unpaired) electrons. The second-order valence-electron chi connectivity index (χ2n) is 8.16. The van der Waals surface area contributed by atoms with Crippen LogP contribution in [-0.2, 0) is 24.3 Å². The lowest BCUT2D eigenvalue weighted by atomic mass is 10.0. The molecule has 32 heavy (non-hydrogen) atoms. The fraction of sp³-hybridized carbons (Fsp3) is 0.619. The van der Waals surface area contributed by atoms with E-state index in [0.717, 1.165) is 6.26 Å². The first-order chi connectivity index (χ1) is 15.0. The quantitative estimate of drug-likeness (QED) is 0.682. The predicted molar refractivity (Wildman–Crippen MR) is 120 cm³/mol. The van der Waals surface area contributed by atoms with Crippen molar-refractivity contribution in [1.29, 1.82) is 0 Å². The van der Waals surface area contributed by atoms with E-state index in [0.29, 0.717) is 13.1 Å². The molecule has 11 heteroatoms. The van der Waals surface area contributed by atoms with Gasteiger partial charge in [0, 0.05) is 46.3 Å². The van der Waals surface area contributed by atoms with Gasteiger partial charge in [-0.2, -0.15) is 0 Å². The molecule has 0 bridgehead atoms. The van der Waals surface area contributed by atoms with Gasteiger partial charge in [-0.25, -0.2) is 8.42 Å². The number of carbonyl (C=O) groups excluding carboxylic acids is 2. The summed E-state index contributed by atoms with van der Waals surface area (Å²) in [5, 5.41) is 0. The van der Waals surface area contributed by atoms with Gasteiger partial charge >= 0.3 is 0 Å². The van der Waals surface area contributed by atoms with Crippen LogP contribution in [0.15, 0.2) is 18.2 Å². The van der Waals surface area contributed by atoms with E-state index < -0.39 is 10.0 Å². The van der Waals surface area contributed by atoms with Crippen molar-refractivity contribution < 1.29 is 32.2 Å². The van der Waals surface area contributed by atoms with E-state index >= 15 is 0 Å². The molecule has 1 aliphatic rings. The van der Waals surface area contributed by atoms with Crippen LogP contribution in [0, 0.1) is 5.92 Å². The minimum Gasteiger partial charge on any atom is -0.491 e. The Kier molecular flexibility index (Phi) is 8.88. The molecule has 1 aliphatic heterocycles. The number of nitrogens with zero attached hydrogens (tertiary/aromatic N) is 2. The van der Waals surface area contributed by atoms with Crippen molar-refractivity contribution in [1.82, 2.24) is 9.80 Å². The molecule has 10 nitrogen and oxygen atoms in total. The first-order valence-electron chi connectivity index (χ1n) is 10.3. The highest BCUT2D eigenvalue weighted by Crippen LogP contribution is 2.27. The second kappa shape index (κ2) is 11.0. The first-order valence-corrected chi connectivity index (χ1v) is 12.2. The van der Waals surface area contributed by atoms with Crippen LogP contribution in [0.1, 0.15) is 24.2 Å². The Bertz CT molecular complexity index is 922. The maximum absolute atomic E-state index is 13.1. The fourth-order valence-corrected chi connectivity index (χ4v) is 4.16. The zero-order valence-corrected chi connectivity index (χ0v) is 20.3. The van der Waals surface area contributed by atoms with Gasteiger partial charge in [-0.3, -0.25) is 14.3 Å². The van der Waals surface area contributed by atoms with E-state index in [1.165, 1.54) is 30.2 Å². The third kappa shape index (κ3) is 6.81. The summed E-state index contributed by atoms with van der Waals surface area (Å²) < 4.78 is 42.3. The van der Waals surface area contributed by atoms with Gasteiger partial charge in [0.05, 0.1) is 29.7 Å². The third-order valence-corrected chi connectivity index (χ3v) is 5.94. The van der Waals surface area contributed by atoms with E-state index in [1.807, 2.05) is 13.8 Å². The van der Waals surface area contributed by atoms with Gasteiger partial charge in [0.15, 0.2) is 0 Å². The summed E-state index contributed by atoms with van der Waals surface area (Å²) in [6, 6.07) is 4.18. The highest BCUT2D eigenvalue weighted by Gasteiger charge is 2.30. The van der Waals surface area contributed by atoms with Crippen LogP contribution in [-0.4, -0.2) is 96.0 Å². The van der Waals surface area contributed by atoms with E-state index in [-0.39, 0.29) is 60.1 Å². The standard InChI is InChI=1S/C21H33N3O7S/c1-14-10-24(20(25)13-29-4)15(2)12-31-18-9-16(22-32(6,27)28)7-8-17(18)21(26)23(3)11-19(14)30-5/h7-9,14-15,19,22H,10-13H2,1-6H3/t14-,15-,19+/m1/s1. The Morgan fingerprint density at radius 2 is 1.94 bits per heavy atom. The number of amides is 2. The number of nitrogens with one attached hydrogen (secondary N) is 1. The van der Waals surface area contributed by atoms with E-state index in [9.17, 15) is 18.0 Å². The maximum Gasteiger partial charge on any atom is 0.257 e. The van der Waals surface area contributed by atoms with Crippen LogP contribution in [0.2, 0.25) is 0 Å². The Morgan fingerprint density at radius 1 is 1.25 bits per heavy atom. The number of hydrogen-bond acceptors (Lipinski definition) is 7. The van der Waals surface area contributed by atoms with Crippen LogP contribution >= 0.6 is 0 Å². The molecule has 3 atom stereocenters. The lowest BCUT2D eigenvalue weighted by Gasteiger charge is -2.36. The number of likely N-dealkylation sites (N-methyl/N-ethyl adjacent to an activating group) is 1. The molecule has 1 aromatic rings. The molecule has 0 saturated heterocycles. The summed E-state index contributed by atoms with van der Waals surface area (Å²) in [5.74, 6) is -0.289. The number of anilines is 1. The van der Waals surface area contributed by atoms with E-state index in [1.54, 1.807) is 19.1 Å². The molecule has 1 heterocycles. The minimum atomic E-state index is -3.51. The molecule has 0 fully saturated rings. The van der Waals surface area contributed by atoms with Crippen molar-refractivity contribution in [2.24, 2.45) is 5.92 Å². The Hall–Kier alpha value is -2.37. The average Bonchev–Trinajstić information content (AvgIpc) is 2.71. The number of hydrogen-bond donors (Lipinski definition) is 1. The molecule has 0 unspecified atom stereocenters. The van der Waals surface area contributed by atoms with Gasteiger partial charge in [0.25, 0.3) is 5.91 Å². The summed E-state index contributed by atoms with van der Waals surface area (Å²) in [6.07, 6.45) is 0.740. The van der Waals surface area contributed by atoms with Crippen molar-refractivity contribution in [3.63, 3.8) is 0 Å². The van der Waals surface area contributed by atoms with Gasteiger partial charge in [-0.15, -0.1) is 0 Å². The molecule has 180 valence electrons. The van der Waals surface area contributed by atoms with Crippen LogP contribution < -0.4 is 9.46 Å². The maximum atomic E-state index is 13.1. The van der Waals surface area contributed by atoms with Crippen molar-refractivity contribution in [2.45, 2.75) is 26.0 Å². The number of sulfonamides is 1. The lowest BCUT2D eigenvalue weighted by molar-refractivity contribution is -0.139. The van der Waals surface area contributed by atoms with Gasteiger partial charge in [-0.05, 0) is 19.1 Å². The van der Waals surface area contributed by atoms with Gasteiger partial charge in [-0.1, -0.05) is 6.92 Å². The summed E-state index contributed by atoms with van der Waals surface area (Å²) >= 11 is 0. The summed E-state index contributed by atoms with van der Waals surface area (Å²) in [7, 11) is 1.20. The molecule has 0 saturated carbocycles. The molecule has 1 N–H and O–H groups in total. The molecule has 2 amide bonds. The van der Waals surface area contributed by atoms with Crippen molar-refractivity contribution in [2.75, 3.05) is 58.5 Å². The van der Waals surface area contributed by atoms with E-state index in [4.69, 9.17) is 14.2 Å². The normalized spacial score (nSPS) is 22.9. The number of fused-ring (bicyclic) bond motifs is 1. The highest BCUT2D eigenvalue weighted by atomic mass is 32.2. The van der Waals surface area contributed by atoms with E-state index in [2.05, 4.69) is 4.72 Å². The Morgan fingerprint density at radius 3 is 2.53 bits per heavy atom.